The van der Waals surface area contributed by atoms with E-state index in [-0.39, 0.29) is 6.03 Å². The highest BCUT2D eigenvalue weighted by Crippen LogP contribution is 2.17. The monoisotopic (exact) mass is 276 g/mol. The van der Waals surface area contributed by atoms with Crippen LogP contribution in [0.15, 0.2) is 24.3 Å². The van der Waals surface area contributed by atoms with Crippen LogP contribution in [-0.2, 0) is 11.2 Å². The van der Waals surface area contributed by atoms with Crippen LogP contribution < -0.4 is 5.32 Å². The molecule has 0 aromatic heterocycles. The lowest BCUT2D eigenvalue weighted by atomic mass is 10.1. The summed E-state index contributed by atoms with van der Waals surface area (Å²) in [5, 5.41) is 11.8. The number of amides is 2. The SMILES string of the molecule is Cc1cccc(CCNC(=O)N2CCC[C@@H]2C(=O)O)c1. The van der Waals surface area contributed by atoms with E-state index in [9.17, 15) is 9.59 Å². The number of aliphatic carboxylic acids is 1. The van der Waals surface area contributed by atoms with E-state index in [0.717, 1.165) is 12.8 Å². The Morgan fingerprint density at radius 3 is 2.95 bits per heavy atom. The molecule has 1 aliphatic heterocycles. The van der Waals surface area contributed by atoms with Crippen molar-refractivity contribution in [3.63, 3.8) is 0 Å². The predicted molar refractivity (Wildman–Crippen MR) is 75.6 cm³/mol. The molecule has 0 spiro atoms. The Labute approximate surface area is 118 Å². The first kappa shape index (κ1) is 14.4. The topological polar surface area (TPSA) is 69.6 Å². The molecule has 1 heterocycles. The van der Waals surface area contributed by atoms with Crippen molar-refractivity contribution in [2.75, 3.05) is 13.1 Å². The summed E-state index contributed by atoms with van der Waals surface area (Å²) in [5.41, 5.74) is 2.36. The maximum absolute atomic E-state index is 12.0. The zero-order chi connectivity index (χ0) is 14.5. The molecule has 0 saturated carbocycles. The van der Waals surface area contributed by atoms with Gasteiger partial charge in [0.1, 0.15) is 6.04 Å². The number of benzene rings is 1. The van der Waals surface area contributed by atoms with Crippen LogP contribution in [0.2, 0.25) is 0 Å². The van der Waals surface area contributed by atoms with Crippen LogP contribution in [0.5, 0.6) is 0 Å². The first-order valence-electron chi connectivity index (χ1n) is 6.91. The molecular weight excluding hydrogens is 256 g/mol. The lowest BCUT2D eigenvalue weighted by Gasteiger charge is -2.21. The van der Waals surface area contributed by atoms with Gasteiger partial charge in [0.25, 0.3) is 0 Å². The fourth-order valence-corrected chi connectivity index (χ4v) is 2.55. The van der Waals surface area contributed by atoms with E-state index in [2.05, 4.69) is 11.4 Å². The molecule has 1 aliphatic rings. The van der Waals surface area contributed by atoms with Crippen molar-refractivity contribution in [2.24, 2.45) is 0 Å². The molecule has 0 bridgehead atoms. The van der Waals surface area contributed by atoms with Gasteiger partial charge in [-0.2, -0.15) is 0 Å². The number of hydrogen-bond acceptors (Lipinski definition) is 2. The minimum atomic E-state index is -0.920. The summed E-state index contributed by atoms with van der Waals surface area (Å²) in [6.07, 6.45) is 2.04. The Kier molecular flexibility index (Phi) is 4.61. The summed E-state index contributed by atoms with van der Waals surface area (Å²) in [5.74, 6) is -0.920. The number of nitrogens with zero attached hydrogens (tertiary/aromatic N) is 1. The van der Waals surface area contributed by atoms with E-state index < -0.39 is 12.0 Å². The van der Waals surface area contributed by atoms with Gasteiger partial charge in [-0.3, -0.25) is 0 Å². The Balaban J connectivity index is 1.82. The minimum absolute atomic E-state index is 0.275. The molecule has 2 rings (SSSR count). The lowest BCUT2D eigenvalue weighted by molar-refractivity contribution is -0.141. The summed E-state index contributed by atoms with van der Waals surface area (Å²) >= 11 is 0. The van der Waals surface area contributed by atoms with Gasteiger partial charge in [-0.15, -0.1) is 0 Å². The molecule has 20 heavy (non-hydrogen) atoms. The van der Waals surface area contributed by atoms with Crippen LogP contribution in [0, 0.1) is 6.92 Å². The van der Waals surface area contributed by atoms with Crippen LogP contribution in [0.3, 0.4) is 0 Å². The van der Waals surface area contributed by atoms with Crippen LogP contribution in [-0.4, -0.2) is 41.1 Å². The largest absolute Gasteiger partial charge is 0.480 e. The quantitative estimate of drug-likeness (QED) is 0.881. The van der Waals surface area contributed by atoms with Gasteiger partial charge in [0.15, 0.2) is 0 Å². The fraction of sp³-hybridized carbons (Fsp3) is 0.467. The van der Waals surface area contributed by atoms with Crippen LogP contribution in [0.4, 0.5) is 4.79 Å². The third-order valence-electron chi connectivity index (χ3n) is 3.57. The first-order chi connectivity index (χ1) is 9.58. The number of hydrogen-bond donors (Lipinski definition) is 2. The summed E-state index contributed by atoms with van der Waals surface area (Å²) < 4.78 is 0. The lowest BCUT2D eigenvalue weighted by Crippen LogP contribution is -2.46. The molecular formula is C15H20N2O3. The standard InChI is InChI=1S/C15H20N2O3/c1-11-4-2-5-12(10-11)7-8-16-15(20)17-9-3-6-13(17)14(18)19/h2,4-5,10,13H,3,6-9H2,1H3,(H,16,20)(H,18,19)/t13-/m1/s1. The van der Waals surface area contributed by atoms with Crippen LogP contribution in [0.25, 0.3) is 0 Å². The highest BCUT2D eigenvalue weighted by Gasteiger charge is 2.33. The van der Waals surface area contributed by atoms with Gasteiger partial charge < -0.3 is 15.3 Å². The molecule has 2 amide bonds. The number of carboxylic acids is 1. The molecule has 1 aromatic rings. The Bertz CT molecular complexity index is 502. The number of likely N-dealkylation sites (tertiary alicyclic amines) is 1. The summed E-state index contributed by atoms with van der Waals surface area (Å²) in [7, 11) is 0. The molecule has 2 N–H and O–H groups in total. The number of urea groups is 1. The zero-order valence-corrected chi connectivity index (χ0v) is 11.6. The van der Waals surface area contributed by atoms with E-state index in [4.69, 9.17) is 5.11 Å². The van der Waals surface area contributed by atoms with Crippen molar-refractivity contribution in [1.29, 1.82) is 0 Å². The average molecular weight is 276 g/mol. The molecule has 0 radical (unpaired) electrons. The summed E-state index contributed by atoms with van der Waals surface area (Å²) in [6, 6.07) is 7.19. The number of carboxylic acid groups (broad SMARTS) is 1. The number of aryl methyl sites for hydroxylation is 1. The number of carbonyl (C=O) groups excluding carboxylic acids is 1. The van der Waals surface area contributed by atoms with Crippen molar-refractivity contribution in [1.82, 2.24) is 10.2 Å². The predicted octanol–water partition coefficient (Wildman–Crippen LogP) is 1.80. The summed E-state index contributed by atoms with van der Waals surface area (Å²) in [4.78, 5) is 24.4. The third kappa shape index (κ3) is 3.50. The van der Waals surface area contributed by atoms with E-state index in [1.165, 1.54) is 16.0 Å². The van der Waals surface area contributed by atoms with E-state index in [1.807, 2.05) is 25.1 Å². The molecule has 1 saturated heterocycles. The van der Waals surface area contributed by atoms with Gasteiger partial charge in [-0.1, -0.05) is 29.8 Å². The van der Waals surface area contributed by atoms with E-state index in [0.29, 0.717) is 19.5 Å². The molecule has 108 valence electrons. The highest BCUT2D eigenvalue weighted by atomic mass is 16.4. The Morgan fingerprint density at radius 1 is 1.45 bits per heavy atom. The van der Waals surface area contributed by atoms with Gasteiger partial charge >= 0.3 is 12.0 Å². The van der Waals surface area contributed by atoms with E-state index in [1.54, 1.807) is 0 Å². The number of rotatable bonds is 4. The molecule has 1 fully saturated rings. The van der Waals surface area contributed by atoms with E-state index >= 15 is 0 Å². The first-order valence-corrected chi connectivity index (χ1v) is 6.91. The van der Waals surface area contributed by atoms with Gasteiger partial charge in [0.05, 0.1) is 0 Å². The minimum Gasteiger partial charge on any atom is -0.480 e. The van der Waals surface area contributed by atoms with Crippen molar-refractivity contribution < 1.29 is 14.7 Å². The van der Waals surface area contributed by atoms with Gasteiger partial charge in [0.2, 0.25) is 0 Å². The average Bonchev–Trinajstić information content (AvgIpc) is 2.88. The van der Waals surface area contributed by atoms with Crippen molar-refractivity contribution >= 4 is 12.0 Å². The van der Waals surface area contributed by atoms with Gasteiger partial charge in [0, 0.05) is 13.1 Å². The molecule has 5 nitrogen and oxygen atoms in total. The zero-order valence-electron chi connectivity index (χ0n) is 11.6. The molecule has 0 unspecified atom stereocenters. The molecule has 5 heteroatoms. The smallest absolute Gasteiger partial charge is 0.326 e. The maximum atomic E-state index is 12.0. The van der Waals surface area contributed by atoms with Crippen LogP contribution >= 0.6 is 0 Å². The van der Waals surface area contributed by atoms with Crippen LogP contribution in [0.1, 0.15) is 24.0 Å². The highest BCUT2D eigenvalue weighted by molar-refractivity contribution is 5.83. The third-order valence-corrected chi connectivity index (χ3v) is 3.57. The molecule has 1 aromatic carbocycles. The molecule has 1 atom stereocenters. The Morgan fingerprint density at radius 2 is 2.25 bits per heavy atom. The summed E-state index contributed by atoms with van der Waals surface area (Å²) in [6.45, 7) is 3.07. The Hall–Kier alpha value is -2.04. The fourth-order valence-electron chi connectivity index (χ4n) is 2.55. The normalized spacial score (nSPS) is 18.1. The van der Waals surface area contributed by atoms with Crippen molar-refractivity contribution in [2.45, 2.75) is 32.2 Å². The van der Waals surface area contributed by atoms with Crippen molar-refractivity contribution in [3.05, 3.63) is 35.4 Å². The number of nitrogens with one attached hydrogen (secondary N) is 1. The number of carbonyl (C=O) groups is 2. The second kappa shape index (κ2) is 6.41. The maximum Gasteiger partial charge on any atom is 0.326 e. The second-order valence-corrected chi connectivity index (χ2v) is 5.16. The second-order valence-electron chi connectivity index (χ2n) is 5.16. The van der Waals surface area contributed by atoms with Crippen molar-refractivity contribution in [3.8, 4) is 0 Å². The van der Waals surface area contributed by atoms with Gasteiger partial charge in [-0.25, -0.2) is 9.59 Å². The van der Waals surface area contributed by atoms with Gasteiger partial charge in [-0.05, 0) is 31.7 Å². The molecule has 0 aliphatic carbocycles.